The van der Waals surface area contributed by atoms with Crippen LogP contribution in [-0.4, -0.2) is 43.3 Å². The number of hydrogen-bond donors (Lipinski definition) is 1. The Bertz CT molecular complexity index is 675. The van der Waals surface area contributed by atoms with E-state index in [1.54, 1.807) is 0 Å². The third kappa shape index (κ3) is 5.34. The van der Waals surface area contributed by atoms with Gasteiger partial charge in [0.05, 0.1) is 18.1 Å². The van der Waals surface area contributed by atoms with Crippen molar-refractivity contribution in [3.63, 3.8) is 0 Å². The Hall–Kier alpha value is -1.79. The topological polar surface area (TPSA) is 58.4 Å². The largest absolute Gasteiger partial charge is 0.390 e. The maximum atomic E-state index is 12.6. The van der Waals surface area contributed by atoms with E-state index in [9.17, 15) is 9.90 Å². The number of carbonyl (C=O) groups is 1. The highest BCUT2D eigenvalue weighted by molar-refractivity contribution is 7.99. The number of benzene rings is 1. The van der Waals surface area contributed by atoms with Gasteiger partial charge in [0.1, 0.15) is 0 Å². The standard InChI is InChI=1S/C19H27N3O2S/c1-14(2)22(15(3)4)18(24)13-25-19-20-17(12-23)11-21(19)10-16-8-6-5-7-9-16/h5-9,11,14-15,23H,10,12-13H2,1-4H3. The van der Waals surface area contributed by atoms with Gasteiger partial charge in [0.15, 0.2) is 5.16 Å². The maximum Gasteiger partial charge on any atom is 0.233 e. The lowest BCUT2D eigenvalue weighted by Crippen LogP contribution is -2.43. The minimum absolute atomic E-state index is 0.104. The van der Waals surface area contributed by atoms with E-state index in [-0.39, 0.29) is 24.6 Å². The molecule has 1 amide bonds. The number of aliphatic hydroxyl groups is 1. The van der Waals surface area contributed by atoms with E-state index < -0.39 is 0 Å². The second-order valence-corrected chi connectivity index (χ2v) is 7.51. The molecule has 1 heterocycles. The van der Waals surface area contributed by atoms with E-state index in [2.05, 4.69) is 17.1 Å². The number of nitrogens with zero attached hydrogens (tertiary/aromatic N) is 3. The monoisotopic (exact) mass is 361 g/mol. The number of aromatic nitrogens is 2. The molecular formula is C19H27N3O2S. The molecule has 0 unspecified atom stereocenters. The fourth-order valence-corrected chi connectivity index (χ4v) is 3.78. The van der Waals surface area contributed by atoms with Crippen LogP contribution in [0.4, 0.5) is 0 Å². The molecule has 0 saturated carbocycles. The van der Waals surface area contributed by atoms with Crippen molar-refractivity contribution >= 4 is 17.7 Å². The molecule has 0 spiro atoms. The number of rotatable bonds is 8. The molecule has 25 heavy (non-hydrogen) atoms. The van der Waals surface area contributed by atoms with Gasteiger partial charge in [-0.3, -0.25) is 4.79 Å². The number of carbonyl (C=O) groups excluding carboxylic acids is 1. The summed E-state index contributed by atoms with van der Waals surface area (Å²) in [5.74, 6) is 0.447. The summed E-state index contributed by atoms with van der Waals surface area (Å²) >= 11 is 1.42. The van der Waals surface area contributed by atoms with Crippen LogP contribution < -0.4 is 0 Å². The number of amides is 1. The van der Waals surface area contributed by atoms with E-state index in [0.717, 1.165) is 10.7 Å². The molecule has 5 nitrogen and oxygen atoms in total. The van der Waals surface area contributed by atoms with Crippen molar-refractivity contribution in [2.24, 2.45) is 0 Å². The first-order chi connectivity index (χ1) is 11.9. The minimum Gasteiger partial charge on any atom is -0.390 e. The molecule has 136 valence electrons. The average molecular weight is 362 g/mol. The Morgan fingerprint density at radius 1 is 1.20 bits per heavy atom. The van der Waals surface area contributed by atoms with Crippen LogP contribution in [0.25, 0.3) is 0 Å². The fourth-order valence-electron chi connectivity index (χ4n) is 2.91. The summed E-state index contributed by atoms with van der Waals surface area (Å²) in [4.78, 5) is 18.9. The van der Waals surface area contributed by atoms with E-state index in [0.29, 0.717) is 18.0 Å². The van der Waals surface area contributed by atoms with Crippen LogP contribution in [0.3, 0.4) is 0 Å². The zero-order valence-corrected chi connectivity index (χ0v) is 16.2. The van der Waals surface area contributed by atoms with Crippen molar-refractivity contribution < 1.29 is 9.90 Å². The Kier molecular flexibility index (Phi) is 7.08. The molecule has 0 atom stereocenters. The van der Waals surface area contributed by atoms with Crippen LogP contribution in [0.1, 0.15) is 39.0 Å². The van der Waals surface area contributed by atoms with Crippen LogP contribution in [0, 0.1) is 0 Å². The van der Waals surface area contributed by atoms with Gasteiger partial charge in [-0.15, -0.1) is 0 Å². The van der Waals surface area contributed by atoms with Gasteiger partial charge >= 0.3 is 0 Å². The molecule has 2 rings (SSSR count). The van der Waals surface area contributed by atoms with Crippen LogP contribution >= 0.6 is 11.8 Å². The Balaban J connectivity index is 2.11. The Morgan fingerprint density at radius 3 is 2.40 bits per heavy atom. The van der Waals surface area contributed by atoms with Crippen molar-refractivity contribution in [3.05, 3.63) is 47.8 Å². The van der Waals surface area contributed by atoms with Gasteiger partial charge in [-0.25, -0.2) is 4.98 Å². The van der Waals surface area contributed by atoms with E-state index >= 15 is 0 Å². The van der Waals surface area contributed by atoms with E-state index in [1.165, 1.54) is 11.8 Å². The third-order valence-corrected chi connectivity index (χ3v) is 4.85. The van der Waals surface area contributed by atoms with Gasteiger partial charge in [0.25, 0.3) is 0 Å². The Morgan fingerprint density at radius 2 is 1.84 bits per heavy atom. The third-order valence-electron chi connectivity index (χ3n) is 3.87. The van der Waals surface area contributed by atoms with Crippen LogP contribution in [-0.2, 0) is 17.9 Å². The number of aliphatic hydroxyl groups excluding tert-OH is 1. The molecular weight excluding hydrogens is 334 g/mol. The predicted molar refractivity (Wildman–Crippen MR) is 102 cm³/mol. The van der Waals surface area contributed by atoms with Gasteiger partial charge in [-0.1, -0.05) is 42.1 Å². The number of hydrogen-bond acceptors (Lipinski definition) is 4. The van der Waals surface area contributed by atoms with Crippen molar-refractivity contribution in [1.29, 1.82) is 0 Å². The lowest BCUT2D eigenvalue weighted by Gasteiger charge is -2.30. The SMILES string of the molecule is CC(C)N(C(=O)CSc1nc(CO)cn1Cc1ccccc1)C(C)C. The fraction of sp³-hybridized carbons (Fsp3) is 0.474. The predicted octanol–water partition coefficient (Wildman–Crippen LogP) is 3.16. The first kappa shape index (κ1) is 19.5. The molecule has 0 saturated heterocycles. The molecule has 0 radical (unpaired) electrons. The molecule has 0 aliphatic carbocycles. The van der Waals surface area contributed by atoms with Crippen molar-refractivity contribution in [2.75, 3.05) is 5.75 Å². The highest BCUT2D eigenvalue weighted by atomic mass is 32.2. The zero-order chi connectivity index (χ0) is 18.4. The summed E-state index contributed by atoms with van der Waals surface area (Å²) in [6.07, 6.45) is 1.85. The molecule has 0 aliphatic rings. The molecule has 1 aromatic carbocycles. The molecule has 1 aromatic heterocycles. The van der Waals surface area contributed by atoms with Gasteiger partial charge in [-0.05, 0) is 33.3 Å². The normalized spacial score (nSPS) is 11.3. The van der Waals surface area contributed by atoms with E-state index in [1.807, 2.05) is 61.6 Å². The summed E-state index contributed by atoms with van der Waals surface area (Å²) in [5.41, 5.74) is 1.78. The summed E-state index contributed by atoms with van der Waals surface area (Å²) in [7, 11) is 0. The number of imidazole rings is 1. The minimum atomic E-state index is -0.104. The quantitative estimate of drug-likeness (QED) is 0.734. The van der Waals surface area contributed by atoms with Crippen LogP contribution in [0.2, 0.25) is 0 Å². The zero-order valence-electron chi connectivity index (χ0n) is 15.3. The van der Waals surface area contributed by atoms with E-state index in [4.69, 9.17) is 0 Å². The number of thioether (sulfide) groups is 1. The first-order valence-electron chi connectivity index (χ1n) is 8.57. The summed E-state index contributed by atoms with van der Waals surface area (Å²) in [6, 6.07) is 10.4. The van der Waals surface area contributed by atoms with Crippen molar-refractivity contribution in [2.45, 2.75) is 58.1 Å². The smallest absolute Gasteiger partial charge is 0.233 e. The average Bonchev–Trinajstić information content (AvgIpc) is 2.95. The molecule has 2 aromatic rings. The van der Waals surface area contributed by atoms with Gasteiger partial charge in [-0.2, -0.15) is 0 Å². The molecule has 0 fully saturated rings. The van der Waals surface area contributed by atoms with Gasteiger partial charge in [0, 0.05) is 24.8 Å². The van der Waals surface area contributed by atoms with Crippen molar-refractivity contribution in [1.82, 2.24) is 14.5 Å². The first-order valence-corrected chi connectivity index (χ1v) is 9.55. The molecule has 0 aliphatic heterocycles. The van der Waals surface area contributed by atoms with Gasteiger partial charge < -0.3 is 14.6 Å². The molecule has 0 bridgehead atoms. The van der Waals surface area contributed by atoms with Crippen LogP contribution in [0.5, 0.6) is 0 Å². The summed E-state index contributed by atoms with van der Waals surface area (Å²) in [5, 5.41) is 10.2. The lowest BCUT2D eigenvalue weighted by atomic mass is 10.2. The van der Waals surface area contributed by atoms with Crippen LogP contribution in [0.15, 0.2) is 41.7 Å². The molecule has 6 heteroatoms. The summed E-state index contributed by atoms with van der Waals surface area (Å²) in [6.45, 7) is 8.69. The Labute approximate surface area is 154 Å². The van der Waals surface area contributed by atoms with Gasteiger partial charge in [0.2, 0.25) is 5.91 Å². The highest BCUT2D eigenvalue weighted by Gasteiger charge is 2.21. The van der Waals surface area contributed by atoms with Crippen molar-refractivity contribution in [3.8, 4) is 0 Å². The lowest BCUT2D eigenvalue weighted by molar-refractivity contribution is -0.131. The molecule has 1 N–H and O–H groups in total. The maximum absolute atomic E-state index is 12.6. The highest BCUT2D eigenvalue weighted by Crippen LogP contribution is 2.21. The second kappa shape index (κ2) is 9.06. The summed E-state index contributed by atoms with van der Waals surface area (Å²) < 4.78 is 1.99. The second-order valence-electron chi connectivity index (χ2n) is 6.56.